The highest BCUT2D eigenvalue weighted by molar-refractivity contribution is 6.04. The fourth-order valence-electron chi connectivity index (χ4n) is 1.52. The first-order valence-electron chi connectivity index (χ1n) is 6.19. The molecule has 1 rings (SSSR count). The van der Waals surface area contributed by atoms with Gasteiger partial charge in [-0.3, -0.25) is 0 Å². The summed E-state index contributed by atoms with van der Waals surface area (Å²) in [4.78, 5) is 23.8. The number of carbonyl (C=O) groups excluding carboxylic acids is 2. The van der Waals surface area contributed by atoms with Crippen molar-refractivity contribution in [2.45, 2.75) is 12.1 Å². The zero-order chi connectivity index (χ0) is 15.7. The van der Waals surface area contributed by atoms with Gasteiger partial charge in [0.15, 0.2) is 0 Å². The molecule has 21 heavy (non-hydrogen) atoms. The third-order valence-corrected chi connectivity index (χ3v) is 2.66. The van der Waals surface area contributed by atoms with Gasteiger partial charge in [-0.25, -0.2) is 9.59 Å². The van der Waals surface area contributed by atoms with Gasteiger partial charge in [0.05, 0.1) is 13.7 Å². The van der Waals surface area contributed by atoms with Gasteiger partial charge in [-0.15, -0.1) is 0 Å². The molecule has 1 atom stereocenters. The van der Waals surface area contributed by atoms with Gasteiger partial charge in [0.1, 0.15) is 13.4 Å². The maximum absolute atomic E-state index is 12.1. The summed E-state index contributed by atoms with van der Waals surface area (Å²) in [6, 6.07) is 9.02. The summed E-state index contributed by atoms with van der Waals surface area (Å²) < 4.78 is 19.3. The molecule has 1 aromatic carbocycles. The van der Waals surface area contributed by atoms with Gasteiger partial charge < -0.3 is 24.7 Å². The van der Waals surface area contributed by atoms with Crippen LogP contribution in [0.4, 0.5) is 0 Å². The number of esters is 2. The molecule has 0 saturated carbocycles. The van der Waals surface area contributed by atoms with E-state index in [2.05, 4.69) is 9.47 Å². The highest BCUT2D eigenvalue weighted by atomic mass is 16.7. The van der Waals surface area contributed by atoms with Crippen LogP contribution in [0.1, 0.15) is 5.56 Å². The lowest BCUT2D eigenvalue weighted by Gasteiger charge is -2.24. The minimum Gasteiger partial charge on any atom is -0.467 e. The zero-order valence-corrected chi connectivity index (χ0v) is 12.0. The molecule has 1 unspecified atom stereocenters. The molecule has 0 fully saturated rings. The van der Waals surface area contributed by atoms with Gasteiger partial charge in [0.2, 0.25) is 5.54 Å². The van der Waals surface area contributed by atoms with Crippen molar-refractivity contribution in [2.24, 2.45) is 5.73 Å². The highest BCUT2D eigenvalue weighted by Crippen LogP contribution is 2.10. The van der Waals surface area contributed by atoms with Crippen LogP contribution in [-0.2, 0) is 35.1 Å². The lowest BCUT2D eigenvalue weighted by molar-refractivity contribution is -0.169. The number of rotatable bonds is 8. The van der Waals surface area contributed by atoms with E-state index in [1.54, 1.807) is 24.3 Å². The zero-order valence-electron chi connectivity index (χ0n) is 12.0. The number of hydrogen-bond acceptors (Lipinski definition) is 7. The van der Waals surface area contributed by atoms with Gasteiger partial charge in [0.25, 0.3) is 0 Å². The van der Waals surface area contributed by atoms with Crippen molar-refractivity contribution in [2.75, 3.05) is 27.6 Å². The van der Waals surface area contributed by atoms with Crippen molar-refractivity contribution in [3.05, 3.63) is 35.9 Å². The van der Waals surface area contributed by atoms with E-state index in [9.17, 15) is 9.59 Å². The van der Waals surface area contributed by atoms with E-state index < -0.39 is 24.1 Å². The van der Waals surface area contributed by atoms with Crippen LogP contribution in [0.15, 0.2) is 30.3 Å². The molecule has 0 aliphatic rings. The van der Waals surface area contributed by atoms with E-state index in [0.29, 0.717) is 0 Å². The Hall–Kier alpha value is -1.96. The van der Waals surface area contributed by atoms with E-state index >= 15 is 0 Å². The molecule has 0 aliphatic carbocycles. The molecule has 0 heterocycles. The molecule has 7 heteroatoms. The molecule has 0 amide bonds. The van der Waals surface area contributed by atoms with Gasteiger partial charge >= 0.3 is 11.9 Å². The average molecular weight is 297 g/mol. The molecule has 1 aromatic rings. The van der Waals surface area contributed by atoms with Crippen LogP contribution in [0, 0.1) is 0 Å². The molecular weight excluding hydrogens is 278 g/mol. The maximum atomic E-state index is 12.1. The molecule has 0 radical (unpaired) electrons. The second-order valence-electron chi connectivity index (χ2n) is 4.28. The number of ether oxygens (including phenoxy) is 4. The second kappa shape index (κ2) is 8.35. The summed E-state index contributed by atoms with van der Waals surface area (Å²) in [5.41, 5.74) is 4.52. The molecule has 7 nitrogen and oxygen atoms in total. The quantitative estimate of drug-likeness (QED) is 0.317. The van der Waals surface area contributed by atoms with Crippen LogP contribution in [0.2, 0.25) is 0 Å². The Morgan fingerprint density at radius 2 is 1.81 bits per heavy atom. The van der Waals surface area contributed by atoms with Crippen LogP contribution in [-0.4, -0.2) is 45.1 Å². The van der Waals surface area contributed by atoms with Gasteiger partial charge in [-0.1, -0.05) is 30.3 Å². The van der Waals surface area contributed by atoms with Crippen molar-refractivity contribution in [1.29, 1.82) is 0 Å². The van der Waals surface area contributed by atoms with Gasteiger partial charge in [-0.2, -0.15) is 0 Å². The van der Waals surface area contributed by atoms with Crippen molar-refractivity contribution in [3.8, 4) is 0 Å². The predicted octanol–water partition coefficient (Wildman–Crippen LogP) is 0.221. The van der Waals surface area contributed by atoms with Crippen LogP contribution >= 0.6 is 0 Å². The van der Waals surface area contributed by atoms with E-state index in [4.69, 9.17) is 15.2 Å². The van der Waals surface area contributed by atoms with Gasteiger partial charge in [-0.05, 0) is 5.56 Å². The van der Waals surface area contributed by atoms with E-state index in [0.717, 1.165) is 12.7 Å². The molecule has 0 aliphatic heterocycles. The minimum absolute atomic E-state index is 0.000104. The number of hydrogen-bond donors (Lipinski definition) is 1. The second-order valence-corrected chi connectivity index (χ2v) is 4.28. The summed E-state index contributed by atoms with van der Waals surface area (Å²) in [5.74, 6) is -1.86. The van der Waals surface area contributed by atoms with Crippen molar-refractivity contribution in [1.82, 2.24) is 0 Å². The third kappa shape index (κ3) is 4.82. The van der Waals surface area contributed by atoms with Crippen LogP contribution in [0.25, 0.3) is 0 Å². The Bertz CT molecular complexity index is 464. The van der Waals surface area contributed by atoms with Crippen molar-refractivity contribution in [3.63, 3.8) is 0 Å². The molecular formula is C14H19NO6. The summed E-state index contributed by atoms with van der Waals surface area (Å²) in [6.07, 6.45) is 0. The fourth-order valence-corrected chi connectivity index (χ4v) is 1.52. The third-order valence-electron chi connectivity index (χ3n) is 2.66. The van der Waals surface area contributed by atoms with Crippen molar-refractivity contribution < 1.29 is 28.5 Å². The van der Waals surface area contributed by atoms with Crippen LogP contribution < -0.4 is 5.73 Å². The number of methoxy groups -OCH3 is 2. The smallest absolute Gasteiger partial charge is 0.340 e. The summed E-state index contributed by atoms with van der Waals surface area (Å²) in [5, 5.41) is 0. The van der Waals surface area contributed by atoms with E-state index in [-0.39, 0.29) is 13.4 Å². The lowest BCUT2D eigenvalue weighted by atomic mass is 10.0. The largest absolute Gasteiger partial charge is 0.467 e. The summed E-state index contributed by atoms with van der Waals surface area (Å²) >= 11 is 0. The Labute approximate surface area is 122 Å². The molecule has 0 saturated heterocycles. The minimum atomic E-state index is -2.03. The Morgan fingerprint density at radius 3 is 2.38 bits per heavy atom. The Kier molecular flexibility index (Phi) is 6.80. The topological polar surface area (TPSA) is 97.1 Å². The Balaban J connectivity index is 2.68. The lowest BCUT2D eigenvalue weighted by Crippen LogP contribution is -2.59. The van der Waals surface area contributed by atoms with E-state index in [1.807, 2.05) is 6.07 Å². The molecule has 0 aromatic heterocycles. The number of benzene rings is 1. The number of carbonyl (C=O) groups is 2. The molecule has 0 bridgehead atoms. The van der Waals surface area contributed by atoms with E-state index in [1.165, 1.54) is 7.11 Å². The van der Waals surface area contributed by atoms with Crippen molar-refractivity contribution >= 4 is 11.9 Å². The Morgan fingerprint density at radius 1 is 1.14 bits per heavy atom. The first-order chi connectivity index (χ1) is 10.0. The normalized spacial score (nSPS) is 13.3. The fraction of sp³-hybridized carbons (Fsp3) is 0.429. The summed E-state index contributed by atoms with van der Waals surface area (Å²) in [7, 11) is 2.54. The SMILES string of the molecule is COCOCC(N)(C(=O)OC)C(=O)OCc1ccccc1. The molecule has 0 spiro atoms. The molecule has 2 N–H and O–H groups in total. The first-order valence-corrected chi connectivity index (χ1v) is 6.19. The summed E-state index contributed by atoms with van der Waals surface area (Å²) in [6.45, 7) is -0.511. The van der Waals surface area contributed by atoms with Crippen LogP contribution in [0.5, 0.6) is 0 Å². The maximum Gasteiger partial charge on any atom is 0.340 e. The standard InChI is InChI=1S/C14H19NO6/c1-18-10-20-9-14(15,12(16)19-2)13(17)21-8-11-6-4-3-5-7-11/h3-7H,8-10,15H2,1-2H3. The highest BCUT2D eigenvalue weighted by Gasteiger charge is 2.45. The van der Waals surface area contributed by atoms with Gasteiger partial charge in [0, 0.05) is 7.11 Å². The average Bonchev–Trinajstić information content (AvgIpc) is 2.52. The molecule has 116 valence electrons. The van der Waals surface area contributed by atoms with Crippen LogP contribution in [0.3, 0.4) is 0 Å². The number of nitrogens with two attached hydrogens (primary N) is 1. The predicted molar refractivity (Wildman–Crippen MR) is 73.0 cm³/mol. The monoisotopic (exact) mass is 297 g/mol. The first kappa shape index (κ1) is 17.1.